The third-order valence-electron chi connectivity index (χ3n) is 14.0. The van der Waals surface area contributed by atoms with Gasteiger partial charge in [0.05, 0.1) is 16.4 Å². The van der Waals surface area contributed by atoms with Crippen molar-refractivity contribution in [3.8, 4) is 62.5 Å². The summed E-state index contributed by atoms with van der Waals surface area (Å²) in [6.07, 6.45) is 0. The monoisotopic (exact) mass is 846 g/mol. The highest BCUT2D eigenvalue weighted by molar-refractivity contribution is 6.09. The first kappa shape index (κ1) is 38.1. The van der Waals surface area contributed by atoms with Gasteiger partial charge in [-0.05, 0) is 94.0 Å². The van der Waals surface area contributed by atoms with E-state index in [-0.39, 0.29) is 5.41 Å². The smallest absolute Gasteiger partial charge is 0.164 e. The van der Waals surface area contributed by atoms with E-state index in [9.17, 15) is 0 Å². The lowest BCUT2D eigenvalue weighted by atomic mass is 9.53. The maximum atomic E-state index is 6.64. The largest absolute Gasteiger partial charge is 0.457 e. The topological polar surface area (TPSA) is 52.8 Å². The van der Waals surface area contributed by atoms with Crippen molar-refractivity contribution in [1.82, 2.24) is 19.5 Å². The number of rotatable bonds is 5. The predicted molar refractivity (Wildman–Crippen MR) is 266 cm³/mol. The number of fused-ring (bicyclic) bond motifs is 11. The SMILES string of the molecule is CC1(C)c2ccccc2C2(c3ccccc3Oc3ccccc32)c2ccc(-c3cccc(-c4nc(-c5ccccc5)nc(-c5ccc(-n6c7ccccc7c7ccccc76)cc5)n4)c3)cc21. The molecule has 0 saturated carbocycles. The van der Waals surface area contributed by atoms with Crippen LogP contribution in [0.2, 0.25) is 0 Å². The Labute approximate surface area is 383 Å². The molecule has 5 nitrogen and oxygen atoms in total. The summed E-state index contributed by atoms with van der Waals surface area (Å²) in [7, 11) is 0. The molecule has 66 heavy (non-hydrogen) atoms. The van der Waals surface area contributed by atoms with Gasteiger partial charge in [-0.15, -0.1) is 0 Å². The molecule has 9 aromatic carbocycles. The zero-order valence-electron chi connectivity index (χ0n) is 36.5. The van der Waals surface area contributed by atoms with Crippen molar-refractivity contribution in [1.29, 1.82) is 0 Å². The van der Waals surface area contributed by atoms with Crippen LogP contribution in [0.4, 0.5) is 0 Å². The molecule has 1 spiro atoms. The first-order valence-electron chi connectivity index (χ1n) is 22.6. The molecule has 0 radical (unpaired) electrons. The summed E-state index contributed by atoms with van der Waals surface area (Å²) in [5.74, 6) is 3.64. The molecule has 1 aliphatic carbocycles. The van der Waals surface area contributed by atoms with Gasteiger partial charge in [-0.3, -0.25) is 0 Å². The maximum absolute atomic E-state index is 6.64. The van der Waals surface area contributed by atoms with Crippen LogP contribution in [-0.4, -0.2) is 19.5 Å². The van der Waals surface area contributed by atoms with Gasteiger partial charge in [0.1, 0.15) is 11.5 Å². The molecule has 5 heteroatoms. The van der Waals surface area contributed by atoms with Crippen LogP contribution in [0.25, 0.3) is 72.8 Å². The van der Waals surface area contributed by atoms with Crippen molar-refractivity contribution in [2.75, 3.05) is 0 Å². The lowest BCUT2D eigenvalue weighted by molar-refractivity contribution is 0.425. The fourth-order valence-corrected chi connectivity index (χ4v) is 10.9. The van der Waals surface area contributed by atoms with Crippen LogP contribution in [-0.2, 0) is 10.8 Å². The van der Waals surface area contributed by atoms with Gasteiger partial charge in [-0.2, -0.15) is 0 Å². The normalized spacial score (nSPS) is 14.0. The second-order valence-corrected chi connectivity index (χ2v) is 17.9. The number of benzene rings is 9. The number of hydrogen-bond acceptors (Lipinski definition) is 4. The van der Waals surface area contributed by atoms with E-state index in [1.165, 1.54) is 44.1 Å². The van der Waals surface area contributed by atoms with E-state index in [0.717, 1.165) is 56.1 Å². The van der Waals surface area contributed by atoms with E-state index in [0.29, 0.717) is 17.5 Å². The van der Waals surface area contributed by atoms with Gasteiger partial charge >= 0.3 is 0 Å². The first-order valence-corrected chi connectivity index (χ1v) is 22.6. The predicted octanol–water partition coefficient (Wildman–Crippen LogP) is 14.8. The highest BCUT2D eigenvalue weighted by Crippen LogP contribution is 2.61. The zero-order chi connectivity index (χ0) is 44.0. The fourth-order valence-electron chi connectivity index (χ4n) is 10.9. The Morgan fingerprint density at radius 1 is 0.348 bits per heavy atom. The van der Waals surface area contributed by atoms with Crippen molar-refractivity contribution >= 4 is 21.8 Å². The van der Waals surface area contributed by atoms with Crippen LogP contribution in [0.3, 0.4) is 0 Å². The lowest BCUT2D eigenvalue weighted by Gasteiger charge is -2.50. The highest BCUT2D eigenvalue weighted by Gasteiger charge is 2.52. The van der Waals surface area contributed by atoms with Gasteiger partial charge in [0, 0.05) is 49.7 Å². The van der Waals surface area contributed by atoms with Gasteiger partial charge in [0.2, 0.25) is 0 Å². The van der Waals surface area contributed by atoms with E-state index < -0.39 is 5.41 Å². The van der Waals surface area contributed by atoms with Crippen LogP contribution in [0, 0.1) is 0 Å². The van der Waals surface area contributed by atoms with Crippen molar-refractivity contribution in [2.45, 2.75) is 24.7 Å². The number of para-hydroxylation sites is 4. The number of ether oxygens (including phenoxy) is 1. The van der Waals surface area contributed by atoms with E-state index in [1.54, 1.807) is 0 Å². The standard InChI is InChI=1S/C61H42N4O/c1-60(2)47-23-8-9-24-48(47)61(50-25-10-14-29-55(50)66-56-30-15-11-26-51(56)61)49-36-33-42(38-52(49)60)41-19-16-20-43(37-41)59-63-57(39-17-4-3-5-18-39)62-58(64-59)40-31-34-44(35-32-40)65-53-27-12-6-21-45(53)46-22-7-13-28-54(46)65/h3-38H,1-2H3. The van der Waals surface area contributed by atoms with Gasteiger partial charge in [0.25, 0.3) is 0 Å². The summed E-state index contributed by atoms with van der Waals surface area (Å²) >= 11 is 0. The minimum absolute atomic E-state index is 0.294. The first-order chi connectivity index (χ1) is 32.5. The minimum Gasteiger partial charge on any atom is -0.457 e. The van der Waals surface area contributed by atoms with Gasteiger partial charge in [-0.1, -0.05) is 172 Å². The number of nitrogens with zero attached hydrogens (tertiary/aromatic N) is 4. The van der Waals surface area contributed by atoms with Crippen molar-refractivity contribution < 1.29 is 4.74 Å². The zero-order valence-corrected chi connectivity index (χ0v) is 36.5. The quantitative estimate of drug-likeness (QED) is 0.173. The Balaban J connectivity index is 0.938. The van der Waals surface area contributed by atoms with Crippen LogP contribution >= 0.6 is 0 Å². The summed E-state index contributed by atoms with van der Waals surface area (Å²) in [4.78, 5) is 15.4. The Morgan fingerprint density at radius 3 is 1.45 bits per heavy atom. The summed E-state index contributed by atoms with van der Waals surface area (Å²) in [5, 5.41) is 2.47. The van der Waals surface area contributed by atoms with Gasteiger partial charge in [-0.25, -0.2) is 15.0 Å². The molecule has 0 bridgehead atoms. The van der Waals surface area contributed by atoms with Crippen LogP contribution in [0.1, 0.15) is 47.2 Å². The van der Waals surface area contributed by atoms with E-state index >= 15 is 0 Å². The van der Waals surface area contributed by atoms with E-state index in [1.807, 2.05) is 18.2 Å². The number of hydrogen-bond donors (Lipinski definition) is 0. The van der Waals surface area contributed by atoms with Crippen LogP contribution in [0.15, 0.2) is 218 Å². The Bertz CT molecular complexity index is 3620. The Kier molecular flexibility index (Phi) is 8.40. The van der Waals surface area contributed by atoms with Crippen molar-refractivity contribution in [2.24, 2.45) is 0 Å². The summed E-state index contributed by atoms with van der Waals surface area (Å²) < 4.78 is 8.97. The lowest BCUT2D eigenvalue weighted by Crippen LogP contribution is -2.43. The molecule has 0 unspecified atom stereocenters. The van der Waals surface area contributed by atoms with Crippen LogP contribution in [0.5, 0.6) is 11.5 Å². The average Bonchev–Trinajstić information content (AvgIpc) is 3.72. The molecule has 1 aliphatic heterocycles. The molecule has 3 heterocycles. The molecule has 2 aliphatic rings. The fraction of sp³-hybridized carbons (Fsp3) is 0.0656. The molecule has 0 saturated heterocycles. The van der Waals surface area contributed by atoms with Crippen LogP contribution < -0.4 is 4.74 Å². The molecule has 0 N–H and O–H groups in total. The summed E-state index contributed by atoms with van der Waals surface area (Å²) in [6.45, 7) is 4.73. The molecule has 312 valence electrons. The maximum Gasteiger partial charge on any atom is 0.164 e. The molecule has 11 aromatic rings. The molecule has 0 atom stereocenters. The average molecular weight is 847 g/mol. The Hall–Kier alpha value is -8.41. The van der Waals surface area contributed by atoms with Crippen molar-refractivity contribution in [3.63, 3.8) is 0 Å². The molecule has 13 rings (SSSR count). The second kappa shape index (κ2) is 14.6. The summed E-state index contributed by atoms with van der Waals surface area (Å²) in [6, 6.07) is 77.7. The molecular formula is C61H42N4O. The third kappa shape index (κ3) is 5.63. The summed E-state index contributed by atoms with van der Waals surface area (Å²) in [5.41, 5.74) is 15.0. The van der Waals surface area contributed by atoms with Crippen molar-refractivity contribution in [3.05, 3.63) is 252 Å². The molecule has 2 aromatic heterocycles. The Morgan fingerprint density at radius 2 is 0.803 bits per heavy atom. The highest BCUT2D eigenvalue weighted by atomic mass is 16.5. The molecule has 0 amide bonds. The second-order valence-electron chi connectivity index (χ2n) is 17.9. The number of aromatic nitrogens is 4. The van der Waals surface area contributed by atoms with E-state index in [2.05, 4.69) is 219 Å². The molecular weight excluding hydrogens is 805 g/mol. The van der Waals surface area contributed by atoms with E-state index in [4.69, 9.17) is 19.7 Å². The third-order valence-corrected chi connectivity index (χ3v) is 14.0. The minimum atomic E-state index is -0.565. The van der Waals surface area contributed by atoms with Gasteiger partial charge < -0.3 is 9.30 Å². The molecule has 0 fully saturated rings. The van der Waals surface area contributed by atoms with Gasteiger partial charge in [0.15, 0.2) is 17.5 Å².